The third-order valence-electron chi connectivity index (χ3n) is 4.26. The Morgan fingerprint density at radius 2 is 2.04 bits per heavy atom. The van der Waals surface area contributed by atoms with Crippen molar-refractivity contribution in [2.24, 2.45) is 0 Å². The molecule has 0 unspecified atom stereocenters. The molecule has 0 fully saturated rings. The van der Waals surface area contributed by atoms with Crippen LogP contribution in [-0.4, -0.2) is 27.0 Å². The van der Waals surface area contributed by atoms with Gasteiger partial charge in [0.15, 0.2) is 5.82 Å². The molecule has 4 aromatic heterocycles. The highest BCUT2D eigenvalue weighted by atomic mass is 32.1. The summed E-state index contributed by atoms with van der Waals surface area (Å²) < 4.78 is 18.8. The molecule has 0 amide bonds. The van der Waals surface area contributed by atoms with Gasteiger partial charge < -0.3 is 9.72 Å². The molecule has 0 saturated heterocycles. The van der Waals surface area contributed by atoms with E-state index in [1.807, 2.05) is 24.8 Å². The van der Waals surface area contributed by atoms with E-state index in [4.69, 9.17) is 4.74 Å². The second-order valence-electron chi connectivity index (χ2n) is 6.13. The van der Waals surface area contributed by atoms with Gasteiger partial charge in [0.2, 0.25) is 5.88 Å². The number of nitrogens with one attached hydrogen (secondary N) is 1. The van der Waals surface area contributed by atoms with E-state index < -0.39 is 5.82 Å². The Balaban J connectivity index is 1.60. The maximum Gasteiger partial charge on any atom is 0.250 e. The lowest BCUT2D eigenvalue weighted by Gasteiger charge is -2.05. The van der Waals surface area contributed by atoms with Crippen LogP contribution in [0.1, 0.15) is 27.3 Å². The fourth-order valence-corrected chi connectivity index (χ4v) is 3.78. The summed E-state index contributed by atoms with van der Waals surface area (Å²) >= 11 is 1.61. The standard InChI is InChI=1S/C19H17FN4OS/c1-11-3-14-13(9-22-18(14)21-7-11)6-17-16(24-10-26-17)5-12-4-15(20)19(25-2)23-8-12/h3-4,7-10H,5-6H2,1-2H3,(H,21,22). The van der Waals surface area contributed by atoms with Gasteiger partial charge in [-0.3, -0.25) is 0 Å². The Labute approximate surface area is 153 Å². The molecule has 0 aliphatic rings. The van der Waals surface area contributed by atoms with Gasteiger partial charge in [-0.05, 0) is 35.7 Å². The van der Waals surface area contributed by atoms with Crippen LogP contribution in [0.3, 0.4) is 0 Å². The van der Waals surface area contributed by atoms with Gasteiger partial charge in [-0.1, -0.05) is 0 Å². The largest absolute Gasteiger partial charge is 0.479 e. The minimum atomic E-state index is -0.458. The maximum atomic E-state index is 13.9. The first-order valence-electron chi connectivity index (χ1n) is 8.16. The van der Waals surface area contributed by atoms with E-state index in [1.54, 1.807) is 17.5 Å². The first-order chi connectivity index (χ1) is 12.6. The van der Waals surface area contributed by atoms with Crippen LogP contribution >= 0.6 is 11.3 Å². The predicted molar refractivity (Wildman–Crippen MR) is 99.3 cm³/mol. The van der Waals surface area contributed by atoms with Crippen LogP contribution < -0.4 is 4.74 Å². The normalized spacial score (nSPS) is 11.2. The van der Waals surface area contributed by atoms with E-state index in [0.29, 0.717) is 6.42 Å². The van der Waals surface area contributed by atoms with E-state index in [9.17, 15) is 4.39 Å². The Kier molecular flexibility index (Phi) is 4.38. The second-order valence-corrected chi connectivity index (χ2v) is 7.07. The molecule has 0 radical (unpaired) electrons. The zero-order valence-corrected chi connectivity index (χ0v) is 15.2. The third kappa shape index (κ3) is 3.17. The van der Waals surface area contributed by atoms with Gasteiger partial charge in [-0.2, -0.15) is 0 Å². The number of hydrogen-bond acceptors (Lipinski definition) is 5. The first kappa shape index (κ1) is 16.7. The number of rotatable bonds is 5. The molecule has 0 aromatic carbocycles. The van der Waals surface area contributed by atoms with E-state index in [0.717, 1.165) is 39.2 Å². The number of fused-ring (bicyclic) bond motifs is 1. The molecule has 26 heavy (non-hydrogen) atoms. The highest BCUT2D eigenvalue weighted by Crippen LogP contribution is 2.26. The Hall–Kier alpha value is -2.80. The lowest BCUT2D eigenvalue weighted by Crippen LogP contribution is -1.98. The minimum Gasteiger partial charge on any atom is -0.479 e. The van der Waals surface area contributed by atoms with Crippen molar-refractivity contribution in [2.45, 2.75) is 19.8 Å². The van der Waals surface area contributed by atoms with Crippen molar-refractivity contribution in [1.29, 1.82) is 0 Å². The molecular formula is C19H17FN4OS. The number of aryl methyl sites for hydroxylation is 1. The van der Waals surface area contributed by atoms with Gasteiger partial charge in [-0.25, -0.2) is 19.3 Å². The molecule has 7 heteroatoms. The summed E-state index contributed by atoms with van der Waals surface area (Å²) in [6.07, 6.45) is 6.77. The van der Waals surface area contributed by atoms with Gasteiger partial charge in [0, 0.05) is 41.7 Å². The molecule has 0 aliphatic carbocycles. The van der Waals surface area contributed by atoms with Crippen molar-refractivity contribution in [3.63, 3.8) is 0 Å². The van der Waals surface area contributed by atoms with Crippen LogP contribution in [0, 0.1) is 12.7 Å². The number of ether oxygens (including phenoxy) is 1. The minimum absolute atomic E-state index is 0.00825. The van der Waals surface area contributed by atoms with E-state index >= 15 is 0 Å². The fourth-order valence-electron chi connectivity index (χ4n) is 2.97. The molecule has 4 aromatic rings. The molecule has 5 nitrogen and oxygen atoms in total. The molecule has 0 atom stereocenters. The zero-order valence-electron chi connectivity index (χ0n) is 14.4. The van der Waals surface area contributed by atoms with Crippen molar-refractivity contribution in [1.82, 2.24) is 19.9 Å². The van der Waals surface area contributed by atoms with Crippen LogP contribution in [0.5, 0.6) is 5.88 Å². The summed E-state index contributed by atoms with van der Waals surface area (Å²) in [7, 11) is 1.40. The van der Waals surface area contributed by atoms with Crippen LogP contribution in [0.4, 0.5) is 4.39 Å². The monoisotopic (exact) mass is 368 g/mol. The third-order valence-corrected chi connectivity index (χ3v) is 5.13. The SMILES string of the molecule is COc1ncc(Cc2ncsc2Cc2c[nH]c3ncc(C)cc23)cc1F. The molecule has 1 N–H and O–H groups in total. The van der Waals surface area contributed by atoms with Gasteiger partial charge in [0.05, 0.1) is 18.3 Å². The number of H-pyrrole nitrogens is 1. The summed E-state index contributed by atoms with van der Waals surface area (Å²) in [6, 6.07) is 3.59. The van der Waals surface area contributed by atoms with Gasteiger partial charge in [-0.15, -0.1) is 11.3 Å². The number of methoxy groups -OCH3 is 1. The highest BCUT2D eigenvalue weighted by Gasteiger charge is 2.13. The molecular weight excluding hydrogens is 351 g/mol. The van der Waals surface area contributed by atoms with Crippen molar-refractivity contribution in [3.8, 4) is 5.88 Å². The number of thiazole rings is 1. The smallest absolute Gasteiger partial charge is 0.250 e. The molecule has 0 aliphatic heterocycles. The zero-order chi connectivity index (χ0) is 18.1. The number of hydrogen-bond donors (Lipinski definition) is 1. The molecule has 4 heterocycles. The number of aromatic amines is 1. The molecule has 4 rings (SSSR count). The summed E-state index contributed by atoms with van der Waals surface area (Å²) in [4.78, 5) is 17.3. The molecule has 0 saturated carbocycles. The summed E-state index contributed by atoms with van der Waals surface area (Å²) in [5.41, 5.74) is 6.74. The first-order valence-corrected chi connectivity index (χ1v) is 9.04. The van der Waals surface area contributed by atoms with Crippen molar-refractivity contribution < 1.29 is 9.13 Å². The van der Waals surface area contributed by atoms with Crippen LogP contribution in [0.15, 0.2) is 36.2 Å². The lowest BCUT2D eigenvalue weighted by molar-refractivity contribution is 0.368. The summed E-state index contributed by atoms with van der Waals surface area (Å²) in [5, 5.41) is 1.13. The second kappa shape index (κ2) is 6.84. The Morgan fingerprint density at radius 3 is 2.85 bits per heavy atom. The van der Waals surface area contributed by atoms with Crippen LogP contribution in [0.2, 0.25) is 0 Å². The Bertz CT molecular complexity index is 1070. The van der Waals surface area contributed by atoms with E-state index in [2.05, 4.69) is 26.0 Å². The summed E-state index contributed by atoms with van der Waals surface area (Å²) in [5.74, 6) is -0.450. The molecule has 0 spiro atoms. The number of pyridine rings is 2. The van der Waals surface area contributed by atoms with Crippen LogP contribution in [0.25, 0.3) is 11.0 Å². The fraction of sp³-hybridized carbons (Fsp3) is 0.211. The van der Waals surface area contributed by atoms with Gasteiger partial charge >= 0.3 is 0 Å². The van der Waals surface area contributed by atoms with Crippen molar-refractivity contribution >= 4 is 22.4 Å². The van der Waals surface area contributed by atoms with Gasteiger partial charge in [0.25, 0.3) is 0 Å². The quantitative estimate of drug-likeness (QED) is 0.577. The summed E-state index contributed by atoms with van der Waals surface area (Å²) in [6.45, 7) is 2.03. The maximum absolute atomic E-state index is 13.9. The Morgan fingerprint density at radius 1 is 1.15 bits per heavy atom. The number of aromatic nitrogens is 4. The average Bonchev–Trinajstić information content (AvgIpc) is 3.23. The number of nitrogens with zero attached hydrogens (tertiary/aromatic N) is 3. The lowest BCUT2D eigenvalue weighted by atomic mass is 10.1. The number of halogens is 1. The topological polar surface area (TPSA) is 63.7 Å². The van der Waals surface area contributed by atoms with Crippen molar-refractivity contribution in [2.75, 3.05) is 7.11 Å². The van der Waals surface area contributed by atoms with E-state index in [1.165, 1.54) is 18.7 Å². The predicted octanol–water partition coefficient (Wildman–Crippen LogP) is 4.05. The van der Waals surface area contributed by atoms with Gasteiger partial charge in [0.1, 0.15) is 5.65 Å². The highest BCUT2D eigenvalue weighted by molar-refractivity contribution is 7.09. The van der Waals surface area contributed by atoms with Crippen LogP contribution in [-0.2, 0) is 12.8 Å². The average molecular weight is 368 g/mol. The molecule has 0 bridgehead atoms. The van der Waals surface area contributed by atoms with Crippen molar-refractivity contribution in [3.05, 3.63) is 69.3 Å². The molecule has 132 valence electrons. The van der Waals surface area contributed by atoms with E-state index in [-0.39, 0.29) is 5.88 Å².